The predicted molar refractivity (Wildman–Crippen MR) is 120 cm³/mol. The van der Waals surface area contributed by atoms with Gasteiger partial charge >= 0.3 is 5.97 Å². The first kappa shape index (κ1) is 20.9. The number of hydrogen-bond donors (Lipinski definition) is 1. The molecule has 1 aromatic heterocycles. The topological polar surface area (TPSA) is 77.8 Å². The van der Waals surface area contributed by atoms with Gasteiger partial charge in [-0.15, -0.1) is 11.8 Å². The summed E-state index contributed by atoms with van der Waals surface area (Å²) < 4.78 is 12.5. The lowest BCUT2D eigenvalue weighted by Crippen LogP contribution is -2.38. The standard InChI is InChI=1S/C23H24ClNO5S/c1-29-8-3-9-30-18-12-19-14(11-17(18)24)20-16(23(31-19)6-2-7-23)10-15(22(27)28)21(26)25(20)13-4-5-13/h10-13H,2-9H2,1H3,(H,27,28). The summed E-state index contributed by atoms with van der Waals surface area (Å²) in [6.07, 6.45) is 5.54. The van der Waals surface area contributed by atoms with Crippen LogP contribution in [0.3, 0.4) is 0 Å². The van der Waals surface area contributed by atoms with Crippen molar-refractivity contribution < 1.29 is 19.4 Å². The molecule has 1 spiro atoms. The number of ether oxygens (including phenoxy) is 2. The molecular weight excluding hydrogens is 438 g/mol. The van der Waals surface area contributed by atoms with Crippen LogP contribution in [0.1, 0.15) is 60.5 Å². The maximum atomic E-state index is 13.2. The molecule has 0 bridgehead atoms. The van der Waals surface area contributed by atoms with E-state index >= 15 is 0 Å². The average Bonchev–Trinajstić information content (AvgIpc) is 3.54. The highest BCUT2D eigenvalue weighted by molar-refractivity contribution is 8.00. The number of nitrogens with zero attached hydrogens (tertiary/aromatic N) is 1. The third-order valence-electron chi connectivity index (χ3n) is 6.37. The minimum atomic E-state index is -1.16. The van der Waals surface area contributed by atoms with Gasteiger partial charge in [-0.25, -0.2) is 4.79 Å². The SMILES string of the molecule is COCCCOc1cc2c(cc1Cl)-c1c(cc(C(=O)O)c(=O)n1C1CC1)C1(CCC1)S2. The molecule has 1 aromatic carbocycles. The lowest BCUT2D eigenvalue weighted by atomic mass is 9.76. The quantitative estimate of drug-likeness (QED) is 0.578. The van der Waals surface area contributed by atoms with Gasteiger partial charge in [0.2, 0.25) is 0 Å². The summed E-state index contributed by atoms with van der Waals surface area (Å²) in [4.78, 5) is 26.0. The van der Waals surface area contributed by atoms with E-state index in [-0.39, 0.29) is 16.4 Å². The molecule has 31 heavy (non-hydrogen) atoms. The van der Waals surface area contributed by atoms with E-state index in [9.17, 15) is 14.7 Å². The van der Waals surface area contributed by atoms with E-state index in [0.717, 1.165) is 60.2 Å². The zero-order valence-electron chi connectivity index (χ0n) is 17.3. The second-order valence-electron chi connectivity index (χ2n) is 8.46. The third kappa shape index (κ3) is 3.47. The van der Waals surface area contributed by atoms with E-state index in [0.29, 0.717) is 24.0 Å². The molecular formula is C23H24ClNO5S. The number of benzene rings is 1. The lowest BCUT2D eigenvalue weighted by molar-refractivity contribution is 0.0694. The smallest absolute Gasteiger partial charge is 0.341 e. The predicted octanol–water partition coefficient (Wildman–Crippen LogP) is 5.10. The molecule has 0 amide bonds. The maximum Gasteiger partial charge on any atom is 0.341 e. The third-order valence-corrected chi connectivity index (χ3v) is 8.25. The van der Waals surface area contributed by atoms with Gasteiger partial charge in [-0.3, -0.25) is 4.79 Å². The fraction of sp³-hybridized carbons (Fsp3) is 0.478. The number of aromatic carboxylic acids is 1. The summed E-state index contributed by atoms with van der Waals surface area (Å²) in [5, 5.41) is 10.2. The van der Waals surface area contributed by atoms with E-state index in [4.69, 9.17) is 21.1 Å². The Labute approximate surface area is 189 Å². The fourth-order valence-electron chi connectivity index (χ4n) is 4.53. The number of rotatable bonds is 7. The van der Waals surface area contributed by atoms with E-state index in [1.807, 2.05) is 12.1 Å². The van der Waals surface area contributed by atoms with Crippen LogP contribution in [-0.4, -0.2) is 36.0 Å². The molecule has 164 valence electrons. The van der Waals surface area contributed by atoms with Crippen molar-refractivity contribution in [3.8, 4) is 17.0 Å². The van der Waals surface area contributed by atoms with Gasteiger partial charge in [0, 0.05) is 41.4 Å². The van der Waals surface area contributed by atoms with Crippen molar-refractivity contribution in [1.82, 2.24) is 4.57 Å². The highest BCUT2D eigenvalue weighted by atomic mass is 35.5. The molecule has 5 rings (SSSR count). The molecule has 8 heteroatoms. The van der Waals surface area contributed by atoms with Crippen molar-refractivity contribution in [2.24, 2.45) is 0 Å². The number of hydrogen-bond acceptors (Lipinski definition) is 5. The van der Waals surface area contributed by atoms with Gasteiger partial charge in [0.1, 0.15) is 11.3 Å². The first-order valence-corrected chi connectivity index (χ1v) is 11.8. The molecule has 0 radical (unpaired) electrons. The van der Waals surface area contributed by atoms with E-state index in [2.05, 4.69) is 0 Å². The second-order valence-corrected chi connectivity index (χ2v) is 10.3. The van der Waals surface area contributed by atoms with Gasteiger partial charge in [0.25, 0.3) is 5.56 Å². The number of aromatic nitrogens is 1. The Morgan fingerprint density at radius 1 is 1.29 bits per heavy atom. The fourth-order valence-corrected chi connectivity index (χ4v) is 6.36. The molecule has 1 aliphatic heterocycles. The molecule has 3 aliphatic rings. The van der Waals surface area contributed by atoms with Gasteiger partial charge in [0.15, 0.2) is 0 Å². The Balaban J connectivity index is 1.67. The maximum absolute atomic E-state index is 13.2. The zero-order valence-corrected chi connectivity index (χ0v) is 18.9. The Morgan fingerprint density at radius 3 is 2.68 bits per heavy atom. The van der Waals surface area contributed by atoms with E-state index in [1.165, 1.54) is 0 Å². The molecule has 2 heterocycles. The normalized spacial score (nSPS) is 18.3. The van der Waals surface area contributed by atoms with E-state index in [1.54, 1.807) is 29.5 Å². The van der Waals surface area contributed by atoms with Crippen LogP contribution in [0.5, 0.6) is 5.75 Å². The molecule has 0 atom stereocenters. The van der Waals surface area contributed by atoms with Gasteiger partial charge < -0.3 is 19.1 Å². The number of thioether (sulfide) groups is 1. The monoisotopic (exact) mass is 461 g/mol. The van der Waals surface area contributed by atoms with Gasteiger partial charge in [-0.1, -0.05) is 11.6 Å². The molecule has 2 fully saturated rings. The number of carbonyl (C=O) groups is 1. The Morgan fingerprint density at radius 2 is 2.06 bits per heavy atom. The summed E-state index contributed by atoms with van der Waals surface area (Å²) in [6, 6.07) is 5.53. The van der Waals surface area contributed by atoms with Crippen LogP contribution in [0.15, 0.2) is 27.9 Å². The second kappa shape index (κ2) is 7.87. The summed E-state index contributed by atoms with van der Waals surface area (Å²) in [5.41, 5.74) is 2.15. The van der Waals surface area contributed by atoms with Crippen LogP contribution >= 0.6 is 23.4 Å². The number of carboxylic acid groups (broad SMARTS) is 1. The molecule has 0 unspecified atom stereocenters. The van der Waals surface area contributed by atoms with Gasteiger partial charge in [-0.05, 0) is 55.9 Å². The minimum Gasteiger partial charge on any atom is -0.492 e. The van der Waals surface area contributed by atoms with Crippen LogP contribution in [0.4, 0.5) is 0 Å². The van der Waals surface area contributed by atoms with Gasteiger partial charge in [0.05, 0.1) is 17.3 Å². The molecule has 2 aliphatic carbocycles. The van der Waals surface area contributed by atoms with Crippen LogP contribution < -0.4 is 10.3 Å². The van der Waals surface area contributed by atoms with Crippen LogP contribution in [-0.2, 0) is 9.48 Å². The van der Waals surface area contributed by atoms with Crippen molar-refractivity contribution in [3.05, 3.63) is 44.7 Å². The molecule has 6 nitrogen and oxygen atoms in total. The molecule has 2 aromatic rings. The first-order valence-electron chi connectivity index (χ1n) is 10.6. The summed E-state index contributed by atoms with van der Waals surface area (Å²) in [5.74, 6) is -0.533. The van der Waals surface area contributed by atoms with Crippen molar-refractivity contribution >= 4 is 29.3 Å². The largest absolute Gasteiger partial charge is 0.492 e. The Kier molecular flexibility index (Phi) is 5.31. The number of methoxy groups -OCH3 is 1. The number of halogens is 1. The van der Waals surface area contributed by atoms with Crippen molar-refractivity contribution in [1.29, 1.82) is 0 Å². The summed E-state index contributed by atoms with van der Waals surface area (Å²) in [7, 11) is 1.66. The first-order chi connectivity index (χ1) is 14.9. The summed E-state index contributed by atoms with van der Waals surface area (Å²) in [6.45, 7) is 1.13. The average molecular weight is 462 g/mol. The molecule has 0 saturated heterocycles. The van der Waals surface area contributed by atoms with Gasteiger partial charge in [-0.2, -0.15) is 0 Å². The van der Waals surface area contributed by atoms with Crippen LogP contribution in [0, 0.1) is 0 Å². The van der Waals surface area contributed by atoms with Crippen LogP contribution in [0.25, 0.3) is 11.3 Å². The highest BCUT2D eigenvalue weighted by Gasteiger charge is 2.47. The highest BCUT2D eigenvalue weighted by Crippen LogP contribution is 2.63. The van der Waals surface area contributed by atoms with Crippen molar-refractivity contribution in [2.75, 3.05) is 20.3 Å². The number of pyridine rings is 1. The van der Waals surface area contributed by atoms with Crippen LogP contribution in [0.2, 0.25) is 5.02 Å². The summed E-state index contributed by atoms with van der Waals surface area (Å²) >= 11 is 8.33. The minimum absolute atomic E-state index is 0.0531. The number of fused-ring (bicyclic) bond motifs is 4. The molecule has 1 N–H and O–H groups in total. The lowest BCUT2D eigenvalue weighted by Gasteiger charge is -2.46. The zero-order chi connectivity index (χ0) is 21.8. The number of carboxylic acids is 1. The van der Waals surface area contributed by atoms with E-state index < -0.39 is 11.5 Å². The van der Waals surface area contributed by atoms with Crippen molar-refractivity contribution in [2.45, 2.75) is 54.2 Å². The van der Waals surface area contributed by atoms with Crippen molar-refractivity contribution in [3.63, 3.8) is 0 Å². The Hall–Kier alpha value is -1.96. The Bertz CT molecular complexity index is 1120. The molecule has 2 saturated carbocycles.